The fourth-order valence-corrected chi connectivity index (χ4v) is 4.65. The van der Waals surface area contributed by atoms with Gasteiger partial charge in [-0.1, -0.05) is 31.2 Å². The van der Waals surface area contributed by atoms with Crippen molar-refractivity contribution in [1.29, 1.82) is 0 Å². The number of aromatic nitrogens is 3. The summed E-state index contributed by atoms with van der Waals surface area (Å²) in [5.41, 5.74) is -0.0833. The maximum atomic E-state index is 12.4. The summed E-state index contributed by atoms with van der Waals surface area (Å²) in [6.07, 6.45) is 0.443. The van der Waals surface area contributed by atoms with Gasteiger partial charge in [-0.2, -0.15) is 9.97 Å². The predicted octanol–water partition coefficient (Wildman–Crippen LogP) is 4.44. The van der Waals surface area contributed by atoms with E-state index in [0.717, 1.165) is 6.04 Å². The highest BCUT2D eigenvalue weighted by Crippen LogP contribution is 2.32. The minimum absolute atomic E-state index is 0.0413. The fourth-order valence-electron chi connectivity index (χ4n) is 3.44. The smallest absolute Gasteiger partial charge is 0.410 e. The van der Waals surface area contributed by atoms with Crippen molar-refractivity contribution in [3.8, 4) is 0 Å². The lowest BCUT2D eigenvalue weighted by atomic mass is 10.2. The number of nitrogens with zero attached hydrogens (tertiary/aromatic N) is 4. The molecule has 1 saturated heterocycles. The van der Waals surface area contributed by atoms with Crippen molar-refractivity contribution in [3.63, 3.8) is 0 Å². The van der Waals surface area contributed by atoms with Gasteiger partial charge in [-0.15, -0.1) is 0 Å². The Morgan fingerprint density at radius 1 is 1.27 bits per heavy atom. The first-order valence-corrected chi connectivity index (χ1v) is 15.4. The van der Waals surface area contributed by atoms with Gasteiger partial charge in [0.25, 0.3) is 0 Å². The van der Waals surface area contributed by atoms with Gasteiger partial charge in [0.1, 0.15) is 18.1 Å². The topological polar surface area (TPSA) is 102 Å². The number of carbonyl (C=O) groups excluding carboxylic acids is 1. The number of nitrogens with one attached hydrogen (secondary N) is 1. The zero-order valence-corrected chi connectivity index (χ0v) is 22.5. The van der Waals surface area contributed by atoms with Crippen molar-refractivity contribution in [2.24, 2.45) is 0 Å². The maximum absolute atomic E-state index is 12.4. The van der Waals surface area contributed by atoms with Crippen LogP contribution in [0.1, 0.15) is 20.8 Å². The van der Waals surface area contributed by atoms with Gasteiger partial charge < -0.3 is 29.4 Å². The van der Waals surface area contributed by atoms with Gasteiger partial charge in [-0.3, -0.25) is 0 Å². The Labute approximate surface area is 205 Å². The van der Waals surface area contributed by atoms with E-state index in [0.29, 0.717) is 35.2 Å². The van der Waals surface area contributed by atoms with Gasteiger partial charge in [0.2, 0.25) is 5.28 Å². The first-order valence-electron chi connectivity index (χ1n) is 11.0. The number of anilines is 1. The molecule has 1 amide bonds. The Bertz CT molecular complexity index is 1010. The zero-order chi connectivity index (χ0) is 24.6. The van der Waals surface area contributed by atoms with Crippen LogP contribution in [0, 0.1) is 0 Å². The van der Waals surface area contributed by atoms with Crippen LogP contribution in [-0.4, -0.2) is 76.2 Å². The summed E-state index contributed by atoms with van der Waals surface area (Å²) in [7, 11) is -1.19. The van der Waals surface area contributed by atoms with E-state index in [1.54, 1.807) is 31.5 Å². The highest BCUT2D eigenvalue weighted by atomic mass is 35.5. The third-order valence-electron chi connectivity index (χ3n) is 5.13. The summed E-state index contributed by atoms with van der Waals surface area (Å²) in [6, 6.07) is 0.579. The van der Waals surface area contributed by atoms with Crippen molar-refractivity contribution >= 4 is 54.2 Å². The number of amides is 1. The summed E-state index contributed by atoms with van der Waals surface area (Å²) in [4.78, 5) is 22.5. The van der Waals surface area contributed by atoms with Crippen LogP contribution in [0.2, 0.25) is 36.0 Å². The van der Waals surface area contributed by atoms with E-state index in [4.69, 9.17) is 32.7 Å². The molecule has 0 saturated carbocycles. The zero-order valence-electron chi connectivity index (χ0n) is 20.0. The van der Waals surface area contributed by atoms with Gasteiger partial charge in [0.05, 0.1) is 29.1 Å². The Morgan fingerprint density at radius 3 is 2.61 bits per heavy atom. The number of aliphatic hydroxyl groups excluding tert-OH is 1. The van der Waals surface area contributed by atoms with E-state index in [2.05, 4.69) is 34.9 Å². The van der Waals surface area contributed by atoms with Crippen LogP contribution in [0.3, 0.4) is 0 Å². The number of ether oxygens (including phenoxy) is 2. The molecule has 3 heterocycles. The van der Waals surface area contributed by atoms with Crippen LogP contribution in [0.4, 0.5) is 10.6 Å². The van der Waals surface area contributed by atoms with Crippen molar-refractivity contribution in [2.45, 2.75) is 70.9 Å². The van der Waals surface area contributed by atoms with Gasteiger partial charge in [-0.05, 0) is 38.4 Å². The van der Waals surface area contributed by atoms with Crippen LogP contribution in [0.15, 0.2) is 6.20 Å². The van der Waals surface area contributed by atoms with E-state index in [1.807, 2.05) is 0 Å². The molecule has 2 aromatic heterocycles. The average molecular weight is 519 g/mol. The Morgan fingerprint density at radius 2 is 1.97 bits per heavy atom. The van der Waals surface area contributed by atoms with Gasteiger partial charge in [-0.25, -0.2) is 4.79 Å². The third-order valence-corrected chi connectivity index (χ3v) is 7.29. The fraction of sp³-hybridized carbons (Fsp3) is 0.667. The molecule has 12 heteroatoms. The second-order valence-corrected chi connectivity index (χ2v) is 16.9. The largest absolute Gasteiger partial charge is 0.444 e. The molecule has 1 aliphatic rings. The molecule has 0 aliphatic carbocycles. The minimum Gasteiger partial charge on any atom is -0.444 e. The van der Waals surface area contributed by atoms with Gasteiger partial charge >= 0.3 is 6.09 Å². The molecular weight excluding hydrogens is 485 g/mol. The van der Waals surface area contributed by atoms with E-state index in [-0.39, 0.29) is 18.4 Å². The normalized spacial score (nSPS) is 19.4. The minimum atomic E-state index is -1.19. The molecule has 0 spiro atoms. The van der Waals surface area contributed by atoms with Crippen LogP contribution in [-0.2, 0) is 16.2 Å². The molecule has 2 aromatic rings. The molecule has 0 aromatic carbocycles. The summed E-state index contributed by atoms with van der Waals surface area (Å²) < 4.78 is 13.0. The van der Waals surface area contributed by atoms with Gasteiger partial charge in [0.15, 0.2) is 5.65 Å². The molecule has 33 heavy (non-hydrogen) atoms. The lowest BCUT2D eigenvalue weighted by Crippen LogP contribution is -2.36. The monoisotopic (exact) mass is 517 g/mol. The number of β-amino-alcohol motifs (C(OH)–C–C–N with tert-alkyl or cyclic N) is 1. The summed E-state index contributed by atoms with van der Waals surface area (Å²) in [5, 5.41) is 14.8. The Balaban J connectivity index is 1.76. The number of halogens is 2. The van der Waals surface area contributed by atoms with Crippen molar-refractivity contribution in [1.82, 2.24) is 19.4 Å². The molecule has 184 valence electrons. The number of hydrogen-bond acceptors (Lipinski definition) is 7. The summed E-state index contributed by atoms with van der Waals surface area (Å²) >= 11 is 12.7. The van der Waals surface area contributed by atoms with E-state index in [9.17, 15) is 9.90 Å². The molecule has 1 aliphatic heterocycles. The quantitative estimate of drug-likeness (QED) is 0.317. The number of hydrogen-bond donors (Lipinski definition) is 2. The number of aliphatic hydroxyl groups is 1. The average Bonchev–Trinajstić information content (AvgIpc) is 3.17. The Hall–Kier alpha value is -1.59. The lowest BCUT2D eigenvalue weighted by molar-refractivity contribution is 0.0270. The molecule has 2 atom stereocenters. The van der Waals surface area contributed by atoms with Crippen molar-refractivity contribution < 1.29 is 19.4 Å². The second-order valence-electron chi connectivity index (χ2n) is 10.5. The molecule has 3 rings (SSSR count). The van der Waals surface area contributed by atoms with Crippen LogP contribution >= 0.6 is 23.2 Å². The summed E-state index contributed by atoms with van der Waals surface area (Å²) in [6.45, 7) is 13.6. The van der Waals surface area contributed by atoms with E-state index >= 15 is 0 Å². The van der Waals surface area contributed by atoms with Crippen molar-refractivity contribution in [3.05, 3.63) is 16.5 Å². The number of carbonyl (C=O) groups is 1. The molecule has 0 bridgehead atoms. The maximum Gasteiger partial charge on any atom is 0.410 e. The lowest BCUT2D eigenvalue weighted by Gasteiger charge is -2.24. The van der Waals surface area contributed by atoms with Crippen LogP contribution in [0.25, 0.3) is 11.0 Å². The second kappa shape index (κ2) is 9.95. The van der Waals surface area contributed by atoms with Crippen LogP contribution in [0.5, 0.6) is 0 Å². The Kier molecular flexibility index (Phi) is 7.85. The first-order chi connectivity index (χ1) is 15.2. The molecular formula is C21H33Cl2N5O4Si. The first kappa shape index (κ1) is 26.0. The van der Waals surface area contributed by atoms with Crippen molar-refractivity contribution in [2.75, 3.05) is 25.0 Å². The van der Waals surface area contributed by atoms with Crippen LogP contribution < -0.4 is 5.32 Å². The number of fused-ring (bicyclic) bond motifs is 1. The highest BCUT2D eigenvalue weighted by Gasteiger charge is 2.37. The molecule has 0 unspecified atom stereocenters. The summed E-state index contributed by atoms with van der Waals surface area (Å²) in [5.74, 6) is 0.394. The number of likely N-dealkylation sites (tertiary alicyclic amines) is 1. The standard InChI is InChI=1S/C21H33Cl2N5O4Si/c1-21(2,3)32-20(30)27-10-14(15(29)11-27)24-17-16-13(22)9-28(18(16)26-19(23)25-17)12-31-7-8-33(4,5)6/h9,14-15,29H,7-8,10-12H2,1-6H3,(H,24,25,26)/t14-,15+/m0/s1. The molecule has 2 N–H and O–H groups in total. The molecule has 0 radical (unpaired) electrons. The SMILES string of the molecule is CC(C)(C)OC(=O)N1C[C@@H](O)[C@@H](Nc2nc(Cl)nc3c2c(Cl)cn3COCC[Si](C)(C)C)C1. The third kappa shape index (κ3) is 6.95. The van der Waals surface area contributed by atoms with E-state index in [1.165, 1.54) is 4.90 Å². The van der Waals surface area contributed by atoms with Gasteiger partial charge in [0, 0.05) is 27.4 Å². The molecule has 9 nitrogen and oxygen atoms in total. The predicted molar refractivity (Wildman–Crippen MR) is 133 cm³/mol. The highest BCUT2D eigenvalue weighted by molar-refractivity contribution is 6.76. The van der Waals surface area contributed by atoms with E-state index < -0.39 is 31.9 Å². The molecule has 1 fully saturated rings. The number of rotatable bonds is 7.